The molecule has 2 aromatic heterocycles. The van der Waals surface area contributed by atoms with E-state index < -0.39 is 0 Å². The Morgan fingerprint density at radius 2 is 2.03 bits per heavy atom. The van der Waals surface area contributed by atoms with E-state index in [0.717, 1.165) is 43.9 Å². The zero-order chi connectivity index (χ0) is 24.0. The third-order valence-corrected chi connectivity index (χ3v) is 8.91. The van der Waals surface area contributed by atoms with Crippen LogP contribution < -0.4 is 5.56 Å². The molecule has 0 aliphatic carbocycles. The first kappa shape index (κ1) is 23.9. The predicted molar refractivity (Wildman–Crippen MR) is 143 cm³/mol. The van der Waals surface area contributed by atoms with Crippen molar-refractivity contribution in [2.24, 2.45) is 5.92 Å². The standard InChI is InChI=1S/C26H24Cl2N2O2S2/c1-14(2)21-11-18-22(12-32-21)34-24-23(18)25(31)30(17-6-4-5-15(3)9-17)26(29-24)33-13-16-7-8-19(27)20(28)10-16/h4-10,14,21H,11-13H2,1-3H3/t21-/m0/s1. The van der Waals surface area contributed by atoms with Gasteiger partial charge in [-0.25, -0.2) is 4.98 Å². The van der Waals surface area contributed by atoms with Crippen molar-refractivity contribution in [3.8, 4) is 5.69 Å². The maximum Gasteiger partial charge on any atom is 0.267 e. The average molecular weight is 532 g/mol. The van der Waals surface area contributed by atoms with Gasteiger partial charge in [-0.05, 0) is 53.8 Å². The van der Waals surface area contributed by atoms with Crippen LogP contribution in [0, 0.1) is 12.8 Å². The summed E-state index contributed by atoms with van der Waals surface area (Å²) in [5.74, 6) is 1.00. The van der Waals surface area contributed by atoms with Gasteiger partial charge in [0.1, 0.15) is 4.83 Å². The molecule has 34 heavy (non-hydrogen) atoms. The molecule has 0 fully saturated rings. The molecule has 5 rings (SSSR count). The molecule has 176 valence electrons. The Kier molecular flexibility index (Phi) is 6.79. The van der Waals surface area contributed by atoms with Gasteiger partial charge in [-0.3, -0.25) is 9.36 Å². The molecule has 2 aromatic carbocycles. The summed E-state index contributed by atoms with van der Waals surface area (Å²) in [6.45, 7) is 6.88. The third kappa shape index (κ3) is 4.54. The maximum absolute atomic E-state index is 14.0. The molecule has 0 N–H and O–H groups in total. The molecule has 0 bridgehead atoms. The first-order chi connectivity index (χ1) is 16.3. The minimum atomic E-state index is -0.0193. The average Bonchev–Trinajstić information content (AvgIpc) is 3.17. The summed E-state index contributed by atoms with van der Waals surface area (Å²) in [4.78, 5) is 20.9. The van der Waals surface area contributed by atoms with Crippen LogP contribution in [0.5, 0.6) is 0 Å². The molecular weight excluding hydrogens is 507 g/mol. The van der Waals surface area contributed by atoms with Crippen LogP contribution in [-0.2, 0) is 23.5 Å². The van der Waals surface area contributed by atoms with Gasteiger partial charge in [-0.1, -0.05) is 67.0 Å². The molecule has 0 saturated carbocycles. The van der Waals surface area contributed by atoms with Crippen molar-refractivity contribution >= 4 is 56.5 Å². The number of ether oxygens (including phenoxy) is 1. The SMILES string of the molecule is Cc1cccc(-n2c(SCc3ccc(Cl)c(Cl)c3)nc3sc4c(c3c2=O)C[C@@H](C(C)C)OC4)c1. The van der Waals surface area contributed by atoms with Gasteiger partial charge in [0.15, 0.2) is 5.16 Å². The van der Waals surface area contributed by atoms with E-state index in [4.69, 9.17) is 32.9 Å². The summed E-state index contributed by atoms with van der Waals surface area (Å²) in [6.07, 6.45) is 0.855. The lowest BCUT2D eigenvalue weighted by molar-refractivity contribution is 0.00200. The van der Waals surface area contributed by atoms with Gasteiger partial charge in [-0.15, -0.1) is 11.3 Å². The van der Waals surface area contributed by atoms with Crippen molar-refractivity contribution in [3.63, 3.8) is 0 Å². The number of nitrogens with zero attached hydrogens (tertiary/aromatic N) is 2. The number of thiophene rings is 1. The highest BCUT2D eigenvalue weighted by Crippen LogP contribution is 2.37. The number of aryl methyl sites for hydroxylation is 1. The summed E-state index contributed by atoms with van der Waals surface area (Å²) >= 11 is 15.4. The highest BCUT2D eigenvalue weighted by atomic mass is 35.5. The lowest BCUT2D eigenvalue weighted by Crippen LogP contribution is -2.28. The van der Waals surface area contributed by atoms with Gasteiger partial charge in [0.25, 0.3) is 5.56 Å². The largest absolute Gasteiger partial charge is 0.372 e. The number of hydrogen-bond acceptors (Lipinski definition) is 5. The van der Waals surface area contributed by atoms with E-state index in [0.29, 0.717) is 33.5 Å². The van der Waals surface area contributed by atoms with E-state index in [1.807, 2.05) is 43.3 Å². The first-order valence-corrected chi connectivity index (χ1v) is 13.7. The third-order valence-electron chi connectivity index (χ3n) is 6.07. The van der Waals surface area contributed by atoms with Crippen LogP contribution in [0.1, 0.15) is 35.4 Å². The zero-order valence-electron chi connectivity index (χ0n) is 19.1. The van der Waals surface area contributed by atoms with E-state index in [-0.39, 0.29) is 11.7 Å². The molecule has 0 saturated heterocycles. The highest BCUT2D eigenvalue weighted by molar-refractivity contribution is 7.98. The van der Waals surface area contributed by atoms with E-state index in [1.54, 1.807) is 22.0 Å². The summed E-state index contributed by atoms with van der Waals surface area (Å²) in [5, 5.41) is 2.44. The van der Waals surface area contributed by atoms with E-state index in [2.05, 4.69) is 13.8 Å². The topological polar surface area (TPSA) is 44.1 Å². The maximum atomic E-state index is 14.0. The summed E-state index contributed by atoms with van der Waals surface area (Å²) < 4.78 is 7.82. The second kappa shape index (κ2) is 9.67. The van der Waals surface area contributed by atoms with Gasteiger partial charge in [0, 0.05) is 17.1 Å². The van der Waals surface area contributed by atoms with Gasteiger partial charge >= 0.3 is 0 Å². The fourth-order valence-electron chi connectivity index (χ4n) is 4.20. The van der Waals surface area contributed by atoms with Crippen molar-refractivity contribution < 1.29 is 4.74 Å². The van der Waals surface area contributed by atoms with Gasteiger partial charge in [0.2, 0.25) is 0 Å². The zero-order valence-corrected chi connectivity index (χ0v) is 22.2. The minimum absolute atomic E-state index is 0.0193. The fourth-order valence-corrected chi connectivity index (χ4v) is 6.65. The molecule has 8 heteroatoms. The van der Waals surface area contributed by atoms with Crippen LogP contribution in [0.25, 0.3) is 15.9 Å². The Labute approximate surface area is 216 Å². The van der Waals surface area contributed by atoms with Crippen molar-refractivity contribution in [2.45, 2.75) is 50.8 Å². The number of aromatic nitrogens is 2. The van der Waals surface area contributed by atoms with Gasteiger partial charge in [0.05, 0.1) is 33.8 Å². The normalized spacial score (nSPS) is 15.8. The summed E-state index contributed by atoms with van der Waals surface area (Å²) in [5.41, 5.74) is 4.01. The number of halogens is 2. The molecule has 1 aliphatic rings. The monoisotopic (exact) mass is 530 g/mol. The lowest BCUT2D eigenvalue weighted by atomic mass is 9.96. The molecule has 4 nitrogen and oxygen atoms in total. The Hall–Kier alpha value is -1.83. The number of benzene rings is 2. The van der Waals surface area contributed by atoms with Crippen LogP contribution in [0.15, 0.2) is 52.4 Å². The van der Waals surface area contributed by atoms with Crippen molar-refractivity contribution in [1.82, 2.24) is 9.55 Å². The van der Waals surface area contributed by atoms with E-state index in [9.17, 15) is 4.79 Å². The van der Waals surface area contributed by atoms with Gasteiger partial charge in [-0.2, -0.15) is 0 Å². The van der Waals surface area contributed by atoms with E-state index >= 15 is 0 Å². The van der Waals surface area contributed by atoms with Crippen LogP contribution >= 0.6 is 46.3 Å². The Balaban J connectivity index is 1.64. The van der Waals surface area contributed by atoms with Crippen LogP contribution in [0.4, 0.5) is 0 Å². The van der Waals surface area contributed by atoms with Crippen LogP contribution in [0.2, 0.25) is 10.0 Å². The Morgan fingerprint density at radius 1 is 1.21 bits per heavy atom. The van der Waals surface area contributed by atoms with Crippen LogP contribution in [0.3, 0.4) is 0 Å². The number of thioether (sulfide) groups is 1. The van der Waals surface area contributed by atoms with Gasteiger partial charge < -0.3 is 4.74 Å². The minimum Gasteiger partial charge on any atom is -0.372 e. The lowest BCUT2D eigenvalue weighted by Gasteiger charge is -2.26. The highest BCUT2D eigenvalue weighted by Gasteiger charge is 2.28. The molecule has 1 atom stereocenters. The molecular formula is C26H24Cl2N2O2S2. The predicted octanol–water partition coefficient (Wildman–Crippen LogP) is 7.45. The quantitative estimate of drug-likeness (QED) is 0.198. The van der Waals surface area contributed by atoms with Crippen molar-refractivity contribution in [2.75, 3.05) is 0 Å². The fraction of sp³-hybridized carbons (Fsp3) is 0.308. The molecule has 0 amide bonds. The second-order valence-electron chi connectivity index (χ2n) is 8.89. The molecule has 4 aromatic rings. The van der Waals surface area contributed by atoms with Crippen LogP contribution in [-0.4, -0.2) is 15.7 Å². The Morgan fingerprint density at radius 3 is 2.76 bits per heavy atom. The number of rotatable bonds is 5. The number of hydrogen-bond donors (Lipinski definition) is 0. The number of fused-ring (bicyclic) bond motifs is 3. The van der Waals surface area contributed by atoms with Crippen molar-refractivity contribution in [3.05, 3.63) is 84.4 Å². The molecule has 1 aliphatic heterocycles. The molecule has 3 heterocycles. The molecule has 0 radical (unpaired) electrons. The van der Waals surface area contributed by atoms with E-state index in [1.165, 1.54) is 11.8 Å². The summed E-state index contributed by atoms with van der Waals surface area (Å²) in [7, 11) is 0. The second-order valence-corrected chi connectivity index (χ2v) is 11.7. The molecule has 0 unspecified atom stereocenters. The molecule has 0 spiro atoms. The first-order valence-electron chi connectivity index (χ1n) is 11.1. The van der Waals surface area contributed by atoms with Crippen molar-refractivity contribution in [1.29, 1.82) is 0 Å². The smallest absolute Gasteiger partial charge is 0.267 e. The summed E-state index contributed by atoms with van der Waals surface area (Å²) in [6, 6.07) is 13.6. The Bertz CT molecular complexity index is 1450.